The van der Waals surface area contributed by atoms with Crippen molar-refractivity contribution in [3.63, 3.8) is 0 Å². The topological polar surface area (TPSA) is 18.8 Å². The summed E-state index contributed by atoms with van der Waals surface area (Å²) in [5.74, 6) is 0. The van der Waals surface area contributed by atoms with Gasteiger partial charge < -0.3 is 0 Å². The predicted molar refractivity (Wildman–Crippen MR) is 52.9 cm³/mol. The van der Waals surface area contributed by atoms with Crippen LogP contribution in [0.1, 0.15) is 0 Å². The van der Waals surface area contributed by atoms with Crippen LogP contribution >= 0.6 is 0 Å². The molecule has 0 bridgehead atoms. The average Bonchev–Trinajstić information content (AvgIpc) is 2.65. The molecule has 0 fully saturated rings. The van der Waals surface area contributed by atoms with Crippen molar-refractivity contribution in [1.29, 1.82) is 0 Å². The molecule has 0 unspecified atom stereocenters. The Morgan fingerprint density at radius 2 is 2.15 bits per heavy atom. The molecule has 0 saturated heterocycles. The van der Waals surface area contributed by atoms with Crippen LogP contribution in [0.15, 0.2) is 41.5 Å². The number of rotatable bonds is 0. The lowest BCUT2D eigenvalue weighted by Crippen LogP contribution is -2.35. The van der Waals surface area contributed by atoms with E-state index in [1.165, 1.54) is 5.69 Å². The van der Waals surface area contributed by atoms with E-state index in [9.17, 15) is 0 Å². The highest BCUT2D eigenvalue weighted by molar-refractivity contribution is 5.79. The summed E-state index contributed by atoms with van der Waals surface area (Å²) < 4.78 is 0. The number of hydrazine groups is 1. The molecular weight excluding hydrogens is 162 g/mol. The summed E-state index contributed by atoms with van der Waals surface area (Å²) in [6, 6.07) is 8.17. The predicted octanol–water partition coefficient (Wildman–Crippen LogP) is 1.91. The number of fused-ring (bicyclic) bond motifs is 3. The zero-order chi connectivity index (χ0) is 8.67. The molecule has 2 heterocycles. The van der Waals surface area contributed by atoms with Crippen LogP contribution in [0.25, 0.3) is 0 Å². The molecular formula is C10H9N3. The number of para-hydroxylation sites is 2. The van der Waals surface area contributed by atoms with Gasteiger partial charge in [0, 0.05) is 6.20 Å². The standard InChI is InChI=1S/C10H9N3/c1-2-5-10-9(4-1)11-8-12-6-3-7-13(10)12/h1-6,8H,7H2. The first-order valence-electron chi connectivity index (χ1n) is 4.31. The van der Waals surface area contributed by atoms with E-state index in [1.54, 1.807) is 0 Å². The van der Waals surface area contributed by atoms with Crippen LogP contribution in [0.4, 0.5) is 11.4 Å². The average molecular weight is 171 g/mol. The molecule has 0 aromatic heterocycles. The van der Waals surface area contributed by atoms with Crippen LogP contribution < -0.4 is 5.01 Å². The molecule has 2 aliphatic heterocycles. The summed E-state index contributed by atoms with van der Waals surface area (Å²) in [7, 11) is 0. The second-order valence-electron chi connectivity index (χ2n) is 3.08. The Labute approximate surface area is 76.6 Å². The molecule has 13 heavy (non-hydrogen) atoms. The molecule has 0 saturated carbocycles. The monoisotopic (exact) mass is 171 g/mol. The van der Waals surface area contributed by atoms with E-state index in [4.69, 9.17) is 0 Å². The van der Waals surface area contributed by atoms with Gasteiger partial charge in [0.1, 0.15) is 6.34 Å². The first-order valence-corrected chi connectivity index (χ1v) is 4.31. The molecule has 0 aliphatic carbocycles. The van der Waals surface area contributed by atoms with Gasteiger partial charge in [0.25, 0.3) is 0 Å². The lowest BCUT2D eigenvalue weighted by Gasteiger charge is -2.31. The van der Waals surface area contributed by atoms with Crippen molar-refractivity contribution in [2.45, 2.75) is 0 Å². The third-order valence-corrected chi connectivity index (χ3v) is 2.29. The Kier molecular flexibility index (Phi) is 1.22. The number of hydrogen-bond acceptors (Lipinski definition) is 3. The summed E-state index contributed by atoms with van der Waals surface area (Å²) in [5.41, 5.74) is 2.22. The van der Waals surface area contributed by atoms with Gasteiger partial charge in [-0.2, -0.15) is 0 Å². The van der Waals surface area contributed by atoms with Crippen molar-refractivity contribution in [2.75, 3.05) is 11.6 Å². The lowest BCUT2D eigenvalue weighted by atomic mass is 10.2. The van der Waals surface area contributed by atoms with Crippen molar-refractivity contribution in [3.8, 4) is 0 Å². The lowest BCUT2D eigenvalue weighted by molar-refractivity contribution is 0.562. The third-order valence-electron chi connectivity index (χ3n) is 2.29. The van der Waals surface area contributed by atoms with Crippen molar-refractivity contribution < 1.29 is 0 Å². The molecule has 1 aromatic rings. The minimum atomic E-state index is 0.934. The summed E-state index contributed by atoms with van der Waals surface area (Å²) in [5, 5.41) is 4.19. The zero-order valence-electron chi connectivity index (χ0n) is 7.09. The smallest absolute Gasteiger partial charge is 0.115 e. The van der Waals surface area contributed by atoms with Gasteiger partial charge in [-0.15, -0.1) is 0 Å². The van der Waals surface area contributed by atoms with Crippen molar-refractivity contribution in [2.24, 2.45) is 4.99 Å². The van der Waals surface area contributed by atoms with Crippen LogP contribution in [0.2, 0.25) is 0 Å². The fraction of sp³-hybridized carbons (Fsp3) is 0.100. The summed E-state index contributed by atoms with van der Waals surface area (Å²) in [4.78, 5) is 4.34. The first kappa shape index (κ1) is 6.71. The van der Waals surface area contributed by atoms with E-state index in [2.05, 4.69) is 22.1 Å². The maximum absolute atomic E-state index is 4.34. The second-order valence-corrected chi connectivity index (χ2v) is 3.08. The Morgan fingerprint density at radius 1 is 1.23 bits per heavy atom. The first-order chi connectivity index (χ1) is 6.45. The van der Waals surface area contributed by atoms with E-state index in [0.717, 1.165) is 12.2 Å². The largest absolute Gasteiger partial charge is 0.274 e. The maximum Gasteiger partial charge on any atom is 0.115 e. The van der Waals surface area contributed by atoms with Crippen LogP contribution in [0, 0.1) is 0 Å². The Morgan fingerprint density at radius 3 is 3.15 bits per heavy atom. The molecule has 64 valence electrons. The normalized spacial score (nSPS) is 17.5. The van der Waals surface area contributed by atoms with E-state index in [0.29, 0.717) is 0 Å². The van der Waals surface area contributed by atoms with Gasteiger partial charge in [0.2, 0.25) is 0 Å². The number of benzene rings is 1. The van der Waals surface area contributed by atoms with Gasteiger partial charge in [-0.05, 0) is 18.2 Å². The molecule has 0 amide bonds. The molecule has 2 aliphatic rings. The second kappa shape index (κ2) is 2.36. The van der Waals surface area contributed by atoms with Gasteiger partial charge in [-0.1, -0.05) is 12.1 Å². The fourth-order valence-corrected chi connectivity index (χ4v) is 1.67. The van der Waals surface area contributed by atoms with E-state index < -0.39 is 0 Å². The van der Waals surface area contributed by atoms with Gasteiger partial charge >= 0.3 is 0 Å². The van der Waals surface area contributed by atoms with Crippen LogP contribution in [0.5, 0.6) is 0 Å². The number of nitrogens with zero attached hydrogens (tertiary/aromatic N) is 3. The van der Waals surface area contributed by atoms with Crippen molar-refractivity contribution >= 4 is 17.7 Å². The molecule has 0 atom stereocenters. The van der Waals surface area contributed by atoms with Crippen molar-refractivity contribution in [1.82, 2.24) is 5.01 Å². The summed E-state index contributed by atoms with van der Waals surface area (Å²) in [6.45, 7) is 0.934. The van der Waals surface area contributed by atoms with Gasteiger partial charge in [0.05, 0.1) is 17.9 Å². The minimum absolute atomic E-state index is 0.934. The summed E-state index contributed by atoms with van der Waals surface area (Å²) in [6.07, 6.45) is 5.99. The Balaban J connectivity index is 2.15. The SMILES string of the molecule is C1=CN2C=Nc3ccccc3N2C1. The zero-order valence-corrected chi connectivity index (χ0v) is 7.09. The van der Waals surface area contributed by atoms with Gasteiger partial charge in [-0.25, -0.2) is 10.0 Å². The molecule has 3 rings (SSSR count). The number of hydrogen-bond donors (Lipinski definition) is 0. The molecule has 0 N–H and O–H groups in total. The highest BCUT2D eigenvalue weighted by Crippen LogP contribution is 2.33. The fourth-order valence-electron chi connectivity index (χ4n) is 1.67. The third kappa shape index (κ3) is 0.869. The van der Waals surface area contributed by atoms with Gasteiger partial charge in [0.15, 0.2) is 0 Å². The number of anilines is 1. The van der Waals surface area contributed by atoms with Crippen LogP contribution in [0.3, 0.4) is 0 Å². The molecule has 3 nitrogen and oxygen atoms in total. The Bertz CT molecular complexity index is 395. The molecule has 0 spiro atoms. The molecule has 3 heteroatoms. The molecule has 1 aromatic carbocycles. The van der Waals surface area contributed by atoms with Crippen LogP contribution in [-0.2, 0) is 0 Å². The highest BCUT2D eigenvalue weighted by atomic mass is 15.6. The van der Waals surface area contributed by atoms with Gasteiger partial charge in [-0.3, -0.25) is 5.01 Å². The van der Waals surface area contributed by atoms with Crippen LogP contribution in [-0.4, -0.2) is 17.9 Å². The Hall–Kier alpha value is -1.77. The quantitative estimate of drug-likeness (QED) is 0.593. The highest BCUT2D eigenvalue weighted by Gasteiger charge is 2.20. The van der Waals surface area contributed by atoms with E-state index >= 15 is 0 Å². The maximum atomic E-state index is 4.34. The minimum Gasteiger partial charge on any atom is -0.274 e. The number of aliphatic imine (C=N–C) groups is 1. The van der Waals surface area contributed by atoms with Crippen molar-refractivity contribution in [3.05, 3.63) is 36.5 Å². The molecule has 0 radical (unpaired) electrons. The van der Waals surface area contributed by atoms with E-state index in [1.807, 2.05) is 35.7 Å². The summed E-state index contributed by atoms with van der Waals surface area (Å²) >= 11 is 0. The van der Waals surface area contributed by atoms with E-state index in [-0.39, 0.29) is 0 Å².